The van der Waals surface area contributed by atoms with Crippen molar-refractivity contribution in [3.8, 4) is 0 Å². The van der Waals surface area contributed by atoms with Gasteiger partial charge in [0, 0.05) is 12.1 Å². The van der Waals surface area contributed by atoms with Crippen molar-refractivity contribution in [1.82, 2.24) is 15.3 Å². The molecule has 0 radical (unpaired) electrons. The van der Waals surface area contributed by atoms with Crippen LogP contribution in [0.3, 0.4) is 0 Å². The molecule has 0 saturated heterocycles. The second-order valence-corrected chi connectivity index (χ2v) is 5.59. The standard InChI is InChI=1S/C16H15F3N4O/c17-10-5-6-11(15(19)14(10)18)23-13-7-12(20-8-21-13)16(24)22-9-3-1-2-4-9/h5-9H,1-4H2,(H,22,24)(H,20,21,23). The van der Waals surface area contributed by atoms with Gasteiger partial charge in [0.15, 0.2) is 17.5 Å². The Hall–Kier alpha value is -2.64. The van der Waals surface area contributed by atoms with E-state index in [1.807, 2.05) is 0 Å². The molecule has 0 aliphatic heterocycles. The first-order chi connectivity index (χ1) is 11.5. The third-order valence-corrected chi connectivity index (χ3v) is 3.89. The van der Waals surface area contributed by atoms with E-state index < -0.39 is 17.5 Å². The summed E-state index contributed by atoms with van der Waals surface area (Å²) in [4.78, 5) is 19.9. The minimum atomic E-state index is -1.58. The third-order valence-electron chi connectivity index (χ3n) is 3.89. The molecule has 1 heterocycles. The van der Waals surface area contributed by atoms with Gasteiger partial charge in [0.2, 0.25) is 0 Å². The van der Waals surface area contributed by atoms with E-state index in [1.165, 1.54) is 6.07 Å². The summed E-state index contributed by atoms with van der Waals surface area (Å²) in [5.41, 5.74) is -0.169. The molecule has 1 aromatic heterocycles. The van der Waals surface area contributed by atoms with Gasteiger partial charge in [0.25, 0.3) is 5.91 Å². The highest BCUT2D eigenvalue weighted by molar-refractivity contribution is 5.93. The minimum Gasteiger partial charge on any atom is -0.348 e. The summed E-state index contributed by atoms with van der Waals surface area (Å²) in [5, 5.41) is 5.39. The van der Waals surface area contributed by atoms with Gasteiger partial charge < -0.3 is 10.6 Å². The Morgan fingerprint density at radius 1 is 1.08 bits per heavy atom. The molecule has 0 unspecified atom stereocenters. The van der Waals surface area contributed by atoms with E-state index in [-0.39, 0.29) is 29.1 Å². The number of benzene rings is 1. The Morgan fingerprint density at radius 2 is 1.83 bits per heavy atom. The monoisotopic (exact) mass is 336 g/mol. The Kier molecular flexibility index (Phi) is 4.64. The summed E-state index contributed by atoms with van der Waals surface area (Å²) in [5.74, 6) is -4.46. The van der Waals surface area contributed by atoms with Crippen LogP contribution in [0.4, 0.5) is 24.7 Å². The van der Waals surface area contributed by atoms with Gasteiger partial charge >= 0.3 is 0 Å². The van der Waals surface area contributed by atoms with Crippen molar-refractivity contribution in [2.75, 3.05) is 5.32 Å². The number of amides is 1. The summed E-state index contributed by atoms with van der Waals surface area (Å²) in [6.07, 6.45) is 5.17. The molecule has 8 heteroatoms. The zero-order valence-corrected chi connectivity index (χ0v) is 12.7. The van der Waals surface area contributed by atoms with Crippen LogP contribution in [0, 0.1) is 17.5 Å². The first kappa shape index (κ1) is 16.2. The van der Waals surface area contributed by atoms with Gasteiger partial charge in [-0.25, -0.2) is 23.1 Å². The number of hydrogen-bond donors (Lipinski definition) is 2. The minimum absolute atomic E-state index is 0.103. The second kappa shape index (κ2) is 6.86. The normalized spacial score (nSPS) is 14.6. The number of nitrogens with zero attached hydrogens (tertiary/aromatic N) is 2. The van der Waals surface area contributed by atoms with E-state index in [1.54, 1.807) is 0 Å². The first-order valence-corrected chi connectivity index (χ1v) is 7.58. The fraction of sp³-hybridized carbons (Fsp3) is 0.312. The summed E-state index contributed by atoms with van der Waals surface area (Å²) in [6.45, 7) is 0. The third kappa shape index (κ3) is 3.47. The molecule has 3 rings (SSSR count). The average molecular weight is 336 g/mol. The van der Waals surface area contributed by atoms with Gasteiger partial charge in [-0.2, -0.15) is 0 Å². The van der Waals surface area contributed by atoms with E-state index >= 15 is 0 Å². The second-order valence-electron chi connectivity index (χ2n) is 5.59. The van der Waals surface area contributed by atoms with Crippen molar-refractivity contribution in [2.45, 2.75) is 31.7 Å². The largest absolute Gasteiger partial charge is 0.348 e. The zero-order valence-electron chi connectivity index (χ0n) is 12.7. The smallest absolute Gasteiger partial charge is 0.270 e. The maximum absolute atomic E-state index is 13.7. The molecule has 126 valence electrons. The number of nitrogens with one attached hydrogen (secondary N) is 2. The highest BCUT2D eigenvalue weighted by atomic mass is 19.2. The van der Waals surface area contributed by atoms with Crippen molar-refractivity contribution in [1.29, 1.82) is 0 Å². The van der Waals surface area contributed by atoms with Crippen molar-refractivity contribution < 1.29 is 18.0 Å². The van der Waals surface area contributed by atoms with Gasteiger partial charge in [-0.3, -0.25) is 4.79 Å². The van der Waals surface area contributed by atoms with E-state index in [0.29, 0.717) is 0 Å². The average Bonchev–Trinajstić information content (AvgIpc) is 3.09. The molecular formula is C16H15F3N4O. The number of carbonyl (C=O) groups is 1. The highest BCUT2D eigenvalue weighted by Crippen LogP contribution is 2.23. The molecule has 2 aromatic rings. The molecule has 0 bridgehead atoms. The zero-order chi connectivity index (χ0) is 17.1. The molecule has 1 amide bonds. The molecule has 0 spiro atoms. The van der Waals surface area contributed by atoms with Gasteiger partial charge in [-0.05, 0) is 25.0 Å². The van der Waals surface area contributed by atoms with E-state index in [9.17, 15) is 18.0 Å². The number of rotatable bonds is 4. The first-order valence-electron chi connectivity index (χ1n) is 7.58. The number of hydrogen-bond acceptors (Lipinski definition) is 4. The fourth-order valence-electron chi connectivity index (χ4n) is 2.64. The Bertz CT molecular complexity index is 763. The predicted octanol–water partition coefficient (Wildman–Crippen LogP) is 3.31. The summed E-state index contributed by atoms with van der Waals surface area (Å²) in [6, 6.07) is 3.31. The van der Waals surface area contributed by atoms with Crippen LogP contribution in [0.5, 0.6) is 0 Å². The van der Waals surface area contributed by atoms with Crippen molar-refractivity contribution in [3.63, 3.8) is 0 Å². The maximum atomic E-state index is 13.7. The quantitative estimate of drug-likeness (QED) is 0.841. The summed E-state index contributed by atoms with van der Waals surface area (Å²) >= 11 is 0. The fourth-order valence-corrected chi connectivity index (χ4v) is 2.64. The molecule has 1 saturated carbocycles. The van der Waals surface area contributed by atoms with Crippen LogP contribution in [0.15, 0.2) is 24.5 Å². The Morgan fingerprint density at radius 3 is 2.58 bits per heavy atom. The number of aromatic nitrogens is 2. The molecular weight excluding hydrogens is 321 g/mol. The molecule has 1 aliphatic rings. The van der Waals surface area contributed by atoms with Crippen LogP contribution in [0.25, 0.3) is 0 Å². The lowest BCUT2D eigenvalue weighted by atomic mass is 10.2. The number of anilines is 2. The summed E-state index contributed by atoms with van der Waals surface area (Å²) < 4.78 is 39.9. The van der Waals surface area contributed by atoms with E-state index in [4.69, 9.17) is 0 Å². The molecule has 1 aromatic carbocycles. The molecule has 0 atom stereocenters. The van der Waals surface area contributed by atoms with Crippen LogP contribution in [0.2, 0.25) is 0 Å². The number of carbonyl (C=O) groups excluding carboxylic acids is 1. The SMILES string of the molecule is O=C(NC1CCCC1)c1cc(Nc2ccc(F)c(F)c2F)ncn1. The van der Waals surface area contributed by atoms with Crippen molar-refractivity contribution in [3.05, 3.63) is 47.7 Å². The van der Waals surface area contributed by atoms with Crippen LogP contribution in [-0.4, -0.2) is 21.9 Å². The lowest BCUT2D eigenvalue weighted by molar-refractivity contribution is 0.0932. The maximum Gasteiger partial charge on any atom is 0.270 e. The van der Waals surface area contributed by atoms with E-state index in [2.05, 4.69) is 20.6 Å². The van der Waals surface area contributed by atoms with Crippen LogP contribution in [-0.2, 0) is 0 Å². The Balaban J connectivity index is 1.75. The van der Waals surface area contributed by atoms with E-state index in [0.717, 1.165) is 44.1 Å². The molecule has 1 aliphatic carbocycles. The van der Waals surface area contributed by atoms with Crippen molar-refractivity contribution >= 4 is 17.4 Å². The topological polar surface area (TPSA) is 66.9 Å². The molecule has 2 N–H and O–H groups in total. The van der Waals surface area contributed by atoms with Crippen molar-refractivity contribution in [2.24, 2.45) is 0 Å². The van der Waals surface area contributed by atoms with Gasteiger partial charge in [0.05, 0.1) is 5.69 Å². The van der Waals surface area contributed by atoms with Crippen LogP contribution in [0.1, 0.15) is 36.2 Å². The number of halogens is 3. The molecule has 24 heavy (non-hydrogen) atoms. The predicted molar refractivity (Wildman–Crippen MR) is 81.4 cm³/mol. The summed E-state index contributed by atoms with van der Waals surface area (Å²) in [7, 11) is 0. The molecule has 5 nitrogen and oxygen atoms in total. The van der Waals surface area contributed by atoms with Gasteiger partial charge in [0.1, 0.15) is 17.8 Å². The lowest BCUT2D eigenvalue weighted by Crippen LogP contribution is -2.33. The van der Waals surface area contributed by atoms with Crippen LogP contribution < -0.4 is 10.6 Å². The molecule has 1 fully saturated rings. The van der Waals surface area contributed by atoms with Crippen LogP contribution >= 0.6 is 0 Å². The van der Waals surface area contributed by atoms with Gasteiger partial charge in [-0.1, -0.05) is 12.8 Å². The Labute approximate surface area is 136 Å². The lowest BCUT2D eigenvalue weighted by Gasteiger charge is -2.12. The van der Waals surface area contributed by atoms with Gasteiger partial charge in [-0.15, -0.1) is 0 Å². The highest BCUT2D eigenvalue weighted by Gasteiger charge is 2.19.